The van der Waals surface area contributed by atoms with Crippen molar-refractivity contribution >= 4 is 41.2 Å². The summed E-state index contributed by atoms with van der Waals surface area (Å²) >= 11 is 3.58. The summed E-state index contributed by atoms with van der Waals surface area (Å²) in [7, 11) is -1.82. The van der Waals surface area contributed by atoms with Gasteiger partial charge >= 0.3 is 5.97 Å². The highest BCUT2D eigenvalue weighted by Gasteiger charge is 2.38. The Kier molecular flexibility index (Phi) is 5.91. The van der Waals surface area contributed by atoms with Gasteiger partial charge in [-0.2, -0.15) is 0 Å². The number of carboxylic acids is 1. The van der Waals surface area contributed by atoms with Gasteiger partial charge in [0, 0.05) is 15.4 Å². The van der Waals surface area contributed by atoms with Crippen LogP contribution in [0.2, 0.25) is 18.1 Å². The van der Waals surface area contributed by atoms with Crippen LogP contribution in [0.3, 0.4) is 0 Å². The van der Waals surface area contributed by atoms with Crippen LogP contribution < -0.4 is 4.74 Å². The molecule has 0 bridgehead atoms. The molecule has 0 spiro atoms. The Morgan fingerprint density at radius 3 is 2.32 bits per heavy atom. The zero-order valence-corrected chi connectivity index (χ0v) is 22.1. The molecule has 0 fully saturated rings. The molecule has 5 nitrogen and oxygen atoms in total. The van der Waals surface area contributed by atoms with Crippen LogP contribution in [0.25, 0.3) is 11.0 Å². The fraction of sp³-hybridized carbons (Fsp3) is 0.417. The van der Waals surface area contributed by atoms with Gasteiger partial charge in [-0.3, -0.25) is 0 Å². The van der Waals surface area contributed by atoms with Crippen molar-refractivity contribution in [2.75, 3.05) is 0 Å². The first-order chi connectivity index (χ1) is 14.1. The first-order valence-electron chi connectivity index (χ1n) is 10.4. The van der Waals surface area contributed by atoms with E-state index in [1.54, 1.807) is 18.3 Å². The Labute approximate surface area is 193 Å². The van der Waals surface area contributed by atoms with E-state index in [-0.39, 0.29) is 16.0 Å². The fourth-order valence-corrected chi connectivity index (χ4v) is 6.32. The van der Waals surface area contributed by atoms with Crippen molar-refractivity contribution in [3.05, 3.63) is 52.3 Å². The monoisotopic (exact) mass is 502 g/mol. The van der Waals surface area contributed by atoms with Gasteiger partial charge in [0.25, 0.3) is 0 Å². The summed E-state index contributed by atoms with van der Waals surface area (Å²) in [5.41, 5.74) is 1.56. The van der Waals surface area contributed by atoms with Gasteiger partial charge in [-0.05, 0) is 40.9 Å². The molecular formula is C24H31BrN2O3Si. The van der Waals surface area contributed by atoms with Crippen molar-refractivity contribution in [3.8, 4) is 11.5 Å². The maximum atomic E-state index is 11.9. The number of nitrogens with zero attached hydrogens (tertiary/aromatic N) is 2. The normalized spacial score (nSPS) is 12.9. The zero-order chi connectivity index (χ0) is 23.4. The maximum Gasteiger partial charge on any atom is 0.339 e. The summed E-state index contributed by atoms with van der Waals surface area (Å²) in [4.78, 5) is 16.6. The molecule has 0 unspecified atom stereocenters. The van der Waals surface area contributed by atoms with Crippen molar-refractivity contribution in [2.45, 2.75) is 65.1 Å². The van der Waals surface area contributed by atoms with Crippen molar-refractivity contribution in [1.82, 2.24) is 9.22 Å². The standard InChI is InChI=1S/C24H31BrN2O3Si/c1-23(2,3)19-18(25)10-9-17(22(28)29)20(19)30-16-13-15-11-12-27(21(15)26-14-16)31(7,8)24(4,5)6/h9-14H,1-8H3,(H,28,29). The fourth-order valence-electron chi connectivity index (χ4n) is 3.52. The van der Waals surface area contributed by atoms with Crippen LogP contribution in [0, 0.1) is 0 Å². The largest absolute Gasteiger partial charge is 0.478 e. The van der Waals surface area contributed by atoms with E-state index >= 15 is 0 Å². The number of ether oxygens (including phenoxy) is 1. The van der Waals surface area contributed by atoms with E-state index in [0.29, 0.717) is 11.5 Å². The number of carbonyl (C=O) groups is 1. The number of fused-ring (bicyclic) bond motifs is 1. The molecule has 31 heavy (non-hydrogen) atoms. The highest BCUT2D eigenvalue weighted by atomic mass is 79.9. The van der Waals surface area contributed by atoms with Gasteiger partial charge in [-0.15, -0.1) is 0 Å². The quantitative estimate of drug-likeness (QED) is 0.376. The van der Waals surface area contributed by atoms with Crippen LogP contribution in [-0.4, -0.2) is 28.5 Å². The molecule has 166 valence electrons. The van der Waals surface area contributed by atoms with Gasteiger partial charge < -0.3 is 14.1 Å². The third kappa shape index (κ3) is 4.30. The lowest BCUT2D eigenvalue weighted by molar-refractivity contribution is 0.0694. The topological polar surface area (TPSA) is 64.3 Å². The predicted octanol–water partition coefficient (Wildman–Crippen LogP) is 7.44. The number of halogens is 1. The molecule has 1 N–H and O–H groups in total. The van der Waals surface area contributed by atoms with Crippen LogP contribution in [0.1, 0.15) is 57.5 Å². The summed E-state index contributed by atoms with van der Waals surface area (Å²) in [5.74, 6) is -0.156. The van der Waals surface area contributed by atoms with Crippen molar-refractivity contribution in [2.24, 2.45) is 0 Å². The minimum absolute atomic E-state index is 0.132. The molecule has 0 radical (unpaired) electrons. The van der Waals surface area contributed by atoms with Crippen LogP contribution >= 0.6 is 15.9 Å². The molecule has 0 amide bonds. The van der Waals surface area contributed by atoms with Gasteiger partial charge in [-0.25, -0.2) is 9.78 Å². The summed E-state index contributed by atoms with van der Waals surface area (Å²) in [6, 6.07) is 7.32. The highest BCUT2D eigenvalue weighted by molar-refractivity contribution is 9.10. The van der Waals surface area contributed by atoms with Gasteiger partial charge in [0.1, 0.15) is 22.7 Å². The van der Waals surface area contributed by atoms with E-state index in [0.717, 1.165) is 21.1 Å². The Bertz CT molecular complexity index is 1150. The van der Waals surface area contributed by atoms with E-state index in [9.17, 15) is 9.90 Å². The number of rotatable bonds is 4. The summed E-state index contributed by atoms with van der Waals surface area (Å²) in [6.07, 6.45) is 3.80. The van der Waals surface area contributed by atoms with Gasteiger partial charge in [0.15, 0.2) is 8.24 Å². The molecule has 2 aromatic heterocycles. The summed E-state index contributed by atoms with van der Waals surface area (Å²) in [5, 5.41) is 10.9. The lowest BCUT2D eigenvalue weighted by atomic mass is 9.85. The van der Waals surface area contributed by atoms with Crippen LogP contribution in [0.15, 0.2) is 41.1 Å². The number of hydrogen-bond acceptors (Lipinski definition) is 3. The third-order valence-electron chi connectivity index (χ3n) is 6.25. The average molecular weight is 504 g/mol. The molecule has 0 aliphatic rings. The van der Waals surface area contributed by atoms with Crippen LogP contribution in [0.5, 0.6) is 11.5 Å². The Hall–Kier alpha value is -2.12. The van der Waals surface area contributed by atoms with Crippen molar-refractivity contribution in [1.29, 1.82) is 0 Å². The van der Waals surface area contributed by atoms with E-state index in [4.69, 9.17) is 9.72 Å². The number of benzene rings is 1. The van der Waals surface area contributed by atoms with Gasteiger partial charge in [-0.1, -0.05) is 70.6 Å². The molecule has 0 atom stereocenters. The molecule has 3 aromatic rings. The Morgan fingerprint density at radius 1 is 1.13 bits per heavy atom. The van der Waals surface area contributed by atoms with Gasteiger partial charge in [0.05, 0.1) is 6.20 Å². The first kappa shape index (κ1) is 23.5. The van der Waals surface area contributed by atoms with E-state index in [1.165, 1.54) is 0 Å². The number of hydrogen-bond donors (Lipinski definition) is 1. The summed E-state index contributed by atoms with van der Waals surface area (Å²) < 4.78 is 9.35. The molecule has 0 saturated carbocycles. The second kappa shape index (κ2) is 7.78. The molecule has 0 saturated heterocycles. The molecule has 2 heterocycles. The summed E-state index contributed by atoms with van der Waals surface area (Å²) in [6.45, 7) is 17.6. The minimum atomic E-state index is -1.82. The van der Waals surface area contributed by atoms with Crippen molar-refractivity contribution < 1.29 is 14.6 Å². The lowest BCUT2D eigenvalue weighted by Crippen LogP contribution is -2.45. The Balaban J connectivity index is 2.12. The second-order valence-electron chi connectivity index (χ2n) is 10.5. The lowest BCUT2D eigenvalue weighted by Gasteiger charge is -2.38. The number of aromatic carboxylic acids is 1. The molecule has 0 aliphatic heterocycles. The second-order valence-corrected chi connectivity index (χ2v) is 16.5. The number of carboxylic acid groups (broad SMARTS) is 1. The van der Waals surface area contributed by atoms with Crippen LogP contribution in [-0.2, 0) is 5.41 Å². The Morgan fingerprint density at radius 2 is 1.77 bits per heavy atom. The zero-order valence-electron chi connectivity index (χ0n) is 19.5. The smallest absolute Gasteiger partial charge is 0.339 e. The SMILES string of the molecule is CC(C)(C)c1c(Br)ccc(C(=O)O)c1Oc1cnc2c(ccn2[Si](C)(C)C(C)(C)C)c1. The van der Waals surface area contributed by atoms with E-state index < -0.39 is 14.2 Å². The number of aromatic nitrogens is 2. The molecule has 3 rings (SSSR count). The number of pyridine rings is 1. The minimum Gasteiger partial charge on any atom is -0.478 e. The predicted molar refractivity (Wildman–Crippen MR) is 132 cm³/mol. The third-order valence-corrected chi connectivity index (χ3v) is 12.1. The highest BCUT2D eigenvalue weighted by Crippen LogP contribution is 2.42. The molecule has 0 aliphatic carbocycles. The van der Waals surface area contributed by atoms with Gasteiger partial charge in [0.2, 0.25) is 0 Å². The maximum absolute atomic E-state index is 11.9. The van der Waals surface area contributed by atoms with Crippen molar-refractivity contribution in [3.63, 3.8) is 0 Å². The van der Waals surface area contributed by atoms with E-state index in [1.807, 2.05) is 26.8 Å². The first-order valence-corrected chi connectivity index (χ1v) is 14.1. The molecule has 7 heteroatoms. The average Bonchev–Trinajstić information content (AvgIpc) is 3.03. The molecular weight excluding hydrogens is 472 g/mol. The van der Waals surface area contributed by atoms with Crippen LogP contribution in [0.4, 0.5) is 0 Å². The molecule has 1 aromatic carbocycles. The van der Waals surface area contributed by atoms with E-state index in [2.05, 4.69) is 66.3 Å².